The molecule has 5 saturated carbocycles. The lowest BCUT2D eigenvalue weighted by Gasteiger charge is -2.56. The molecule has 0 aromatic heterocycles. The van der Waals surface area contributed by atoms with Gasteiger partial charge in [0.15, 0.2) is 5.92 Å². The van der Waals surface area contributed by atoms with Gasteiger partial charge in [-0.1, -0.05) is 34.1 Å². The van der Waals surface area contributed by atoms with E-state index in [1.807, 2.05) is 0 Å². The number of carbonyl (C=O) groups excluding carboxylic acids is 3. The van der Waals surface area contributed by atoms with Gasteiger partial charge in [0.25, 0.3) is 0 Å². The molecule has 220 valence electrons. The van der Waals surface area contributed by atoms with E-state index in [2.05, 4.69) is 27.7 Å². The fourth-order valence-electron chi connectivity index (χ4n) is 11.5. The first-order valence-electron chi connectivity index (χ1n) is 16.1. The third-order valence-electron chi connectivity index (χ3n) is 12.8. The van der Waals surface area contributed by atoms with Crippen LogP contribution < -0.4 is 0 Å². The fraction of sp³-hybridized carbons (Fsp3) is 0.909. The third kappa shape index (κ3) is 4.41. The van der Waals surface area contributed by atoms with Gasteiger partial charge in [0.1, 0.15) is 5.78 Å². The van der Waals surface area contributed by atoms with E-state index in [0.717, 1.165) is 38.5 Å². The van der Waals surface area contributed by atoms with Crippen molar-refractivity contribution in [2.24, 2.45) is 70.0 Å². The van der Waals surface area contributed by atoms with Gasteiger partial charge >= 0.3 is 11.9 Å². The molecular formula is C33H52O6. The van der Waals surface area contributed by atoms with Crippen molar-refractivity contribution in [1.82, 2.24) is 0 Å². The molecule has 1 N–H and O–H groups in total. The van der Waals surface area contributed by atoms with Gasteiger partial charge in [0, 0.05) is 12.8 Å². The molecule has 0 radical (unpaired) electrons. The minimum absolute atomic E-state index is 0.0756. The minimum Gasteiger partial charge on any atom is -0.465 e. The number of aliphatic hydroxyl groups is 1. The highest BCUT2D eigenvalue weighted by Gasteiger charge is 2.79. The van der Waals surface area contributed by atoms with Crippen LogP contribution in [-0.4, -0.2) is 42.1 Å². The number of hydrogen-bond acceptors (Lipinski definition) is 6. The summed E-state index contributed by atoms with van der Waals surface area (Å²) in [5.41, 5.74) is 0.271. The second-order valence-corrected chi connectivity index (χ2v) is 14.2. The Morgan fingerprint density at radius 1 is 1.00 bits per heavy atom. The van der Waals surface area contributed by atoms with E-state index in [1.165, 1.54) is 0 Å². The summed E-state index contributed by atoms with van der Waals surface area (Å²) in [4.78, 5) is 38.4. The van der Waals surface area contributed by atoms with Crippen molar-refractivity contribution in [2.45, 2.75) is 105 Å². The standard InChI is InChI=1S/C33H52O6/c1-7-21-22-17-20(34)11-10-18(4)26-27(22)33(26)15-14-32(6)24(12-13-25(32)28(33)29(21)35)19(5)16-23(30(36)38-8-2)31(37)39-9-3/h18-19,21-29,35H,7-17H2,1-6H3/t18?,19-,21-,22?,24-,25+,26?,27?,28?,29-,32?,33+/m1/s1. The molecule has 0 bridgehead atoms. The van der Waals surface area contributed by atoms with Crippen LogP contribution in [0, 0.1) is 70.0 Å². The zero-order chi connectivity index (χ0) is 28.3. The second kappa shape index (κ2) is 10.8. The van der Waals surface area contributed by atoms with Crippen molar-refractivity contribution < 1.29 is 29.0 Å². The number of esters is 2. The van der Waals surface area contributed by atoms with Gasteiger partial charge in [0.05, 0.1) is 19.3 Å². The van der Waals surface area contributed by atoms with Gasteiger partial charge in [0.2, 0.25) is 0 Å². The number of ketones is 1. The van der Waals surface area contributed by atoms with Crippen LogP contribution in [0.15, 0.2) is 0 Å². The molecular weight excluding hydrogens is 492 g/mol. The van der Waals surface area contributed by atoms with Crippen LogP contribution in [-0.2, 0) is 23.9 Å². The molecule has 0 aliphatic heterocycles. The van der Waals surface area contributed by atoms with Gasteiger partial charge in [-0.05, 0) is 116 Å². The molecule has 1 spiro atoms. The molecule has 5 rings (SSSR count). The first kappa shape index (κ1) is 29.1. The van der Waals surface area contributed by atoms with E-state index >= 15 is 0 Å². The van der Waals surface area contributed by atoms with Crippen LogP contribution in [0.2, 0.25) is 0 Å². The Kier molecular flexibility index (Phi) is 8.02. The predicted octanol–water partition coefficient (Wildman–Crippen LogP) is 5.84. The summed E-state index contributed by atoms with van der Waals surface area (Å²) in [7, 11) is 0. The summed E-state index contributed by atoms with van der Waals surface area (Å²) in [6.07, 6.45) is 7.88. The zero-order valence-corrected chi connectivity index (χ0v) is 25.1. The summed E-state index contributed by atoms with van der Waals surface area (Å²) in [5.74, 6) is 2.24. The number of carbonyl (C=O) groups is 3. The fourth-order valence-corrected chi connectivity index (χ4v) is 11.5. The summed E-state index contributed by atoms with van der Waals surface area (Å²) in [6, 6.07) is 0. The molecule has 5 fully saturated rings. The molecule has 5 aliphatic carbocycles. The van der Waals surface area contributed by atoms with Crippen LogP contribution in [0.3, 0.4) is 0 Å². The molecule has 0 aromatic rings. The van der Waals surface area contributed by atoms with Crippen molar-refractivity contribution in [2.75, 3.05) is 13.2 Å². The third-order valence-corrected chi connectivity index (χ3v) is 12.8. The number of ether oxygens (including phenoxy) is 2. The molecule has 0 heterocycles. The number of Topliss-reactive ketones (excluding diaryl/α,β-unsaturated/α-hetero) is 1. The maximum Gasteiger partial charge on any atom is 0.320 e. The SMILES string of the molecule is CCOC(=O)C(C[C@@H](C)[C@H]1CC[C@H]2C3[C@H](O)[C@H](CC)C4CC(=O)CCC(C)C5C4[C@]53CCC12C)C(=O)OCC. The lowest BCUT2D eigenvalue weighted by Crippen LogP contribution is -2.55. The topological polar surface area (TPSA) is 89.9 Å². The van der Waals surface area contributed by atoms with Gasteiger partial charge in [-0.3, -0.25) is 14.4 Å². The molecule has 5 aliphatic rings. The van der Waals surface area contributed by atoms with E-state index in [4.69, 9.17) is 9.47 Å². The highest BCUT2D eigenvalue weighted by atomic mass is 16.6. The maximum atomic E-state index is 12.8. The largest absolute Gasteiger partial charge is 0.465 e. The number of fused-ring (bicyclic) bond motifs is 2. The molecule has 39 heavy (non-hydrogen) atoms. The van der Waals surface area contributed by atoms with Crippen LogP contribution in [0.4, 0.5) is 0 Å². The van der Waals surface area contributed by atoms with Crippen molar-refractivity contribution >= 4 is 17.7 Å². The minimum atomic E-state index is -0.875. The quantitative estimate of drug-likeness (QED) is 0.305. The maximum absolute atomic E-state index is 12.8. The summed E-state index contributed by atoms with van der Waals surface area (Å²) in [6.45, 7) is 13.3. The Morgan fingerprint density at radius 3 is 2.28 bits per heavy atom. The Labute approximate surface area is 235 Å². The smallest absolute Gasteiger partial charge is 0.320 e. The average Bonchev–Trinajstić information content (AvgIpc) is 3.42. The van der Waals surface area contributed by atoms with E-state index in [0.29, 0.717) is 66.5 Å². The van der Waals surface area contributed by atoms with E-state index in [1.54, 1.807) is 13.8 Å². The van der Waals surface area contributed by atoms with Crippen LogP contribution in [0.5, 0.6) is 0 Å². The van der Waals surface area contributed by atoms with Gasteiger partial charge in [-0.2, -0.15) is 0 Å². The van der Waals surface area contributed by atoms with Crippen molar-refractivity contribution in [1.29, 1.82) is 0 Å². The molecule has 0 saturated heterocycles. The summed E-state index contributed by atoms with van der Waals surface area (Å²) >= 11 is 0. The van der Waals surface area contributed by atoms with Gasteiger partial charge in [-0.25, -0.2) is 0 Å². The summed E-state index contributed by atoms with van der Waals surface area (Å²) < 4.78 is 10.6. The highest BCUT2D eigenvalue weighted by molar-refractivity contribution is 5.94. The lowest BCUT2D eigenvalue weighted by molar-refractivity contribution is -0.163. The van der Waals surface area contributed by atoms with Gasteiger partial charge < -0.3 is 14.6 Å². The molecule has 0 amide bonds. The van der Waals surface area contributed by atoms with Crippen molar-refractivity contribution in [3.05, 3.63) is 0 Å². The summed E-state index contributed by atoms with van der Waals surface area (Å²) in [5, 5.41) is 12.1. The Morgan fingerprint density at radius 2 is 1.67 bits per heavy atom. The monoisotopic (exact) mass is 544 g/mol. The number of hydrogen-bond donors (Lipinski definition) is 1. The second-order valence-electron chi connectivity index (χ2n) is 14.2. The van der Waals surface area contributed by atoms with Crippen LogP contribution in [0.25, 0.3) is 0 Å². The van der Waals surface area contributed by atoms with Crippen molar-refractivity contribution in [3.63, 3.8) is 0 Å². The molecule has 6 unspecified atom stereocenters. The Hall–Kier alpha value is -1.43. The van der Waals surface area contributed by atoms with Gasteiger partial charge in [-0.15, -0.1) is 0 Å². The first-order chi connectivity index (χ1) is 18.6. The van der Waals surface area contributed by atoms with Crippen LogP contribution in [0.1, 0.15) is 99.3 Å². The number of aliphatic hydroxyl groups excluding tert-OH is 1. The molecule has 12 atom stereocenters. The average molecular weight is 545 g/mol. The predicted molar refractivity (Wildman–Crippen MR) is 148 cm³/mol. The normalized spacial score (nSPS) is 45.3. The molecule has 6 heteroatoms. The zero-order valence-electron chi connectivity index (χ0n) is 25.1. The van der Waals surface area contributed by atoms with E-state index in [-0.39, 0.29) is 42.0 Å². The van der Waals surface area contributed by atoms with Crippen LogP contribution >= 0.6 is 0 Å². The van der Waals surface area contributed by atoms with Crippen molar-refractivity contribution in [3.8, 4) is 0 Å². The Bertz CT molecular complexity index is 944. The lowest BCUT2D eigenvalue weighted by atomic mass is 9.49. The van der Waals surface area contributed by atoms with E-state index in [9.17, 15) is 19.5 Å². The number of rotatable bonds is 8. The molecule has 0 aromatic carbocycles. The first-order valence-corrected chi connectivity index (χ1v) is 16.1. The van der Waals surface area contributed by atoms with E-state index < -0.39 is 17.9 Å². The highest BCUT2D eigenvalue weighted by Crippen LogP contribution is 2.83. The molecule has 6 nitrogen and oxygen atoms in total. The Balaban J connectivity index is 1.42.